The minimum Gasteiger partial charge on any atom is -0.457 e. The molecule has 0 bridgehead atoms. The summed E-state index contributed by atoms with van der Waals surface area (Å²) in [5.41, 5.74) is -0.578. The second-order valence-corrected chi connectivity index (χ2v) is 5.54. The minimum absolute atomic E-state index is 0.345. The average Bonchev–Trinajstić information content (AvgIpc) is 2.30. The molecule has 0 aromatic heterocycles. The molecule has 0 saturated carbocycles. The van der Waals surface area contributed by atoms with Crippen molar-refractivity contribution in [1.29, 1.82) is 0 Å². The van der Waals surface area contributed by atoms with Gasteiger partial charge in [0, 0.05) is 18.8 Å². The molecule has 1 unspecified atom stereocenters. The lowest BCUT2D eigenvalue weighted by molar-refractivity contribution is -0.150. The van der Waals surface area contributed by atoms with Gasteiger partial charge in [-0.25, -0.2) is 9.59 Å². The Morgan fingerprint density at radius 1 is 1.15 bits per heavy atom. The molecule has 0 aromatic rings. The van der Waals surface area contributed by atoms with E-state index in [2.05, 4.69) is 6.92 Å². The molecule has 0 saturated heterocycles. The number of rotatable bonds is 8. The van der Waals surface area contributed by atoms with E-state index in [9.17, 15) is 9.59 Å². The highest BCUT2D eigenvalue weighted by Crippen LogP contribution is 2.07. The predicted molar refractivity (Wildman–Crippen MR) is 76.3 cm³/mol. The van der Waals surface area contributed by atoms with E-state index in [4.69, 9.17) is 14.2 Å². The molecular weight excluding hydrogens is 260 g/mol. The first kappa shape index (κ1) is 18.6. The lowest BCUT2D eigenvalue weighted by Gasteiger charge is -2.17. The SMILES string of the molecule is CCCCOCC(C)OC(=O)/C=C/C(=O)OC(C)(C)C. The van der Waals surface area contributed by atoms with Crippen LogP contribution in [0, 0.1) is 0 Å². The monoisotopic (exact) mass is 286 g/mol. The summed E-state index contributed by atoms with van der Waals surface area (Å²) >= 11 is 0. The van der Waals surface area contributed by atoms with Crippen molar-refractivity contribution < 1.29 is 23.8 Å². The Labute approximate surface area is 121 Å². The number of ether oxygens (including phenoxy) is 3. The highest BCUT2D eigenvalue weighted by Gasteiger charge is 2.14. The molecule has 116 valence electrons. The Kier molecular flexibility index (Phi) is 8.88. The lowest BCUT2D eigenvalue weighted by Crippen LogP contribution is -2.23. The maximum absolute atomic E-state index is 11.4. The highest BCUT2D eigenvalue weighted by molar-refractivity contribution is 5.91. The van der Waals surface area contributed by atoms with E-state index < -0.39 is 17.5 Å². The van der Waals surface area contributed by atoms with Crippen LogP contribution in [0.3, 0.4) is 0 Å². The summed E-state index contributed by atoms with van der Waals surface area (Å²) in [6.07, 6.45) is 3.84. The van der Waals surface area contributed by atoms with Gasteiger partial charge in [-0.15, -0.1) is 0 Å². The van der Waals surface area contributed by atoms with E-state index in [1.165, 1.54) is 0 Å². The van der Waals surface area contributed by atoms with Crippen LogP contribution in [0.25, 0.3) is 0 Å². The molecular formula is C15H26O5. The van der Waals surface area contributed by atoms with Crippen molar-refractivity contribution in [3.05, 3.63) is 12.2 Å². The third-order valence-corrected chi connectivity index (χ3v) is 2.07. The third-order valence-electron chi connectivity index (χ3n) is 2.07. The van der Waals surface area contributed by atoms with Gasteiger partial charge < -0.3 is 14.2 Å². The van der Waals surface area contributed by atoms with Crippen LogP contribution in [0.1, 0.15) is 47.5 Å². The molecule has 0 aromatic carbocycles. The summed E-state index contributed by atoms with van der Waals surface area (Å²) in [5, 5.41) is 0. The van der Waals surface area contributed by atoms with Crippen molar-refractivity contribution in [2.24, 2.45) is 0 Å². The summed E-state index contributed by atoms with van der Waals surface area (Å²) in [6, 6.07) is 0. The van der Waals surface area contributed by atoms with Gasteiger partial charge in [-0.1, -0.05) is 13.3 Å². The molecule has 0 fully saturated rings. The second kappa shape index (κ2) is 9.53. The maximum Gasteiger partial charge on any atom is 0.331 e. The number of unbranched alkanes of at least 4 members (excludes halogenated alkanes) is 1. The number of esters is 2. The zero-order valence-electron chi connectivity index (χ0n) is 13.1. The van der Waals surface area contributed by atoms with Crippen LogP contribution in [0.5, 0.6) is 0 Å². The fraction of sp³-hybridized carbons (Fsp3) is 0.733. The summed E-state index contributed by atoms with van der Waals surface area (Å²) in [7, 11) is 0. The van der Waals surface area contributed by atoms with Gasteiger partial charge in [-0.2, -0.15) is 0 Å². The standard InChI is InChI=1S/C15H26O5/c1-6-7-10-18-11-12(2)19-13(16)8-9-14(17)20-15(3,4)5/h8-9,12H,6-7,10-11H2,1-5H3/b9-8+. The number of carbonyl (C=O) groups is 2. The van der Waals surface area contributed by atoms with Gasteiger partial charge >= 0.3 is 11.9 Å². The Morgan fingerprint density at radius 2 is 1.75 bits per heavy atom. The second-order valence-electron chi connectivity index (χ2n) is 5.54. The Hall–Kier alpha value is -1.36. The normalized spacial score (nSPS) is 13.2. The number of hydrogen-bond donors (Lipinski definition) is 0. The first-order chi connectivity index (χ1) is 9.24. The molecule has 0 rings (SSSR count). The van der Waals surface area contributed by atoms with Crippen molar-refractivity contribution in [3.8, 4) is 0 Å². The first-order valence-electron chi connectivity index (χ1n) is 6.94. The van der Waals surface area contributed by atoms with Crippen molar-refractivity contribution in [2.45, 2.75) is 59.2 Å². The summed E-state index contributed by atoms with van der Waals surface area (Å²) < 4.78 is 15.4. The summed E-state index contributed by atoms with van der Waals surface area (Å²) in [6.45, 7) is 10.1. The molecule has 0 aliphatic heterocycles. The van der Waals surface area contributed by atoms with Gasteiger partial charge in [0.1, 0.15) is 11.7 Å². The van der Waals surface area contributed by atoms with Gasteiger partial charge in [-0.05, 0) is 34.1 Å². The maximum atomic E-state index is 11.4. The zero-order chi connectivity index (χ0) is 15.6. The Morgan fingerprint density at radius 3 is 2.30 bits per heavy atom. The molecule has 1 atom stereocenters. The van der Waals surface area contributed by atoms with Gasteiger partial charge in [0.2, 0.25) is 0 Å². The highest BCUT2D eigenvalue weighted by atomic mass is 16.6. The van der Waals surface area contributed by atoms with E-state index in [1.54, 1.807) is 27.7 Å². The van der Waals surface area contributed by atoms with Crippen LogP contribution in [0.4, 0.5) is 0 Å². The van der Waals surface area contributed by atoms with E-state index >= 15 is 0 Å². The van der Waals surface area contributed by atoms with E-state index in [0.717, 1.165) is 25.0 Å². The fourth-order valence-corrected chi connectivity index (χ4v) is 1.24. The molecule has 0 radical (unpaired) electrons. The van der Waals surface area contributed by atoms with Crippen LogP contribution in [-0.2, 0) is 23.8 Å². The summed E-state index contributed by atoms with van der Waals surface area (Å²) in [5.74, 6) is -1.15. The van der Waals surface area contributed by atoms with E-state index in [0.29, 0.717) is 13.2 Å². The number of hydrogen-bond acceptors (Lipinski definition) is 5. The van der Waals surface area contributed by atoms with Gasteiger partial charge in [0.05, 0.1) is 6.61 Å². The third kappa shape index (κ3) is 11.7. The fourth-order valence-electron chi connectivity index (χ4n) is 1.24. The Bertz CT molecular complexity index is 328. The Balaban J connectivity index is 3.94. The molecule has 5 nitrogen and oxygen atoms in total. The van der Waals surface area contributed by atoms with Crippen molar-refractivity contribution >= 4 is 11.9 Å². The lowest BCUT2D eigenvalue weighted by atomic mass is 10.2. The molecule has 0 aliphatic rings. The molecule has 0 N–H and O–H groups in total. The number of carbonyl (C=O) groups excluding carboxylic acids is 2. The van der Waals surface area contributed by atoms with Gasteiger partial charge in [-0.3, -0.25) is 0 Å². The van der Waals surface area contributed by atoms with Crippen molar-refractivity contribution in [1.82, 2.24) is 0 Å². The molecule has 0 spiro atoms. The van der Waals surface area contributed by atoms with Crippen LogP contribution >= 0.6 is 0 Å². The quantitative estimate of drug-likeness (QED) is 0.390. The van der Waals surface area contributed by atoms with Crippen molar-refractivity contribution in [2.75, 3.05) is 13.2 Å². The van der Waals surface area contributed by atoms with Gasteiger partial charge in [0.25, 0.3) is 0 Å². The van der Waals surface area contributed by atoms with Crippen LogP contribution in [0.15, 0.2) is 12.2 Å². The van der Waals surface area contributed by atoms with Crippen LogP contribution in [-0.4, -0.2) is 36.9 Å². The van der Waals surface area contributed by atoms with Crippen molar-refractivity contribution in [3.63, 3.8) is 0 Å². The van der Waals surface area contributed by atoms with Gasteiger partial charge in [0.15, 0.2) is 0 Å². The molecule has 0 aliphatic carbocycles. The smallest absolute Gasteiger partial charge is 0.331 e. The largest absolute Gasteiger partial charge is 0.457 e. The molecule has 5 heteroatoms. The minimum atomic E-state index is -0.581. The van der Waals surface area contributed by atoms with Crippen LogP contribution < -0.4 is 0 Å². The topological polar surface area (TPSA) is 61.8 Å². The molecule has 0 amide bonds. The first-order valence-corrected chi connectivity index (χ1v) is 6.94. The molecule has 0 heterocycles. The van der Waals surface area contributed by atoms with E-state index in [-0.39, 0.29) is 6.10 Å². The zero-order valence-corrected chi connectivity index (χ0v) is 13.1. The molecule has 20 heavy (non-hydrogen) atoms. The van der Waals surface area contributed by atoms with Crippen LogP contribution in [0.2, 0.25) is 0 Å². The predicted octanol–water partition coefficient (Wildman–Crippen LogP) is 2.63. The average molecular weight is 286 g/mol. The summed E-state index contributed by atoms with van der Waals surface area (Å²) in [4.78, 5) is 22.8. The van der Waals surface area contributed by atoms with E-state index in [1.807, 2.05) is 0 Å².